The van der Waals surface area contributed by atoms with E-state index in [-0.39, 0.29) is 5.69 Å². The van der Waals surface area contributed by atoms with Crippen LogP contribution in [0.15, 0.2) is 73.4 Å². The molecule has 3 aromatic heterocycles. The molecule has 0 aromatic carbocycles. The molecule has 0 spiro atoms. The van der Waals surface area contributed by atoms with E-state index in [1.807, 2.05) is 24.3 Å². The van der Waals surface area contributed by atoms with Crippen LogP contribution in [0.2, 0.25) is 0 Å². The van der Waals surface area contributed by atoms with Gasteiger partial charge in [-0.15, -0.1) is 0 Å². The van der Waals surface area contributed by atoms with Gasteiger partial charge in [0.25, 0.3) is 0 Å². The summed E-state index contributed by atoms with van der Waals surface area (Å²) < 4.78 is 0. The molecule has 0 radical (unpaired) electrons. The second kappa shape index (κ2) is 9.95. The fourth-order valence-corrected chi connectivity index (χ4v) is 1.02. The van der Waals surface area contributed by atoms with Crippen molar-refractivity contribution >= 4 is 5.97 Å². The van der Waals surface area contributed by atoms with Crippen molar-refractivity contribution in [1.29, 1.82) is 0 Å². The highest BCUT2D eigenvalue weighted by Gasteiger charge is 1.98. The highest BCUT2D eigenvalue weighted by atomic mass is 16.4. The highest BCUT2D eigenvalue weighted by molar-refractivity contribution is 5.85. The minimum absolute atomic E-state index is 0.0810. The highest BCUT2D eigenvalue weighted by Crippen LogP contribution is 1.90. The quantitative estimate of drug-likeness (QED) is 0.707. The maximum absolute atomic E-state index is 10.1. The maximum atomic E-state index is 10.1. The Balaban J connectivity index is 0.000000158. The molecular formula is C14H14N4O2. The van der Waals surface area contributed by atoms with Crippen LogP contribution in [0, 0.1) is 0 Å². The van der Waals surface area contributed by atoms with Crippen molar-refractivity contribution in [2.24, 2.45) is 0 Å². The predicted molar refractivity (Wildman–Crippen MR) is 74.0 cm³/mol. The Hall–Kier alpha value is -3.02. The number of nitrogens with zero attached hydrogens (tertiary/aromatic N) is 3. The number of carboxylic acids is 1. The summed E-state index contributed by atoms with van der Waals surface area (Å²) in [5, 5.41) is 14.5. The number of pyridine rings is 2. The van der Waals surface area contributed by atoms with Crippen molar-refractivity contribution in [1.82, 2.24) is 20.2 Å². The van der Waals surface area contributed by atoms with Gasteiger partial charge in [-0.3, -0.25) is 10.1 Å². The van der Waals surface area contributed by atoms with E-state index in [2.05, 4.69) is 20.2 Å². The van der Waals surface area contributed by atoms with Crippen molar-refractivity contribution in [3.8, 4) is 0 Å². The minimum atomic E-state index is -0.990. The maximum Gasteiger partial charge on any atom is 0.354 e. The van der Waals surface area contributed by atoms with E-state index in [0.29, 0.717) is 0 Å². The standard InChI is InChI=1S/C6H5NO2.C5H5N.C3H4N2/c8-6(9)5-3-1-2-4-7-5;1-2-4-6-5-3-1;1-2-4-5-3-1/h1-4H,(H,8,9);1-5H;1-3H,(H,4,5). The number of rotatable bonds is 1. The number of hydrogen-bond acceptors (Lipinski definition) is 4. The van der Waals surface area contributed by atoms with E-state index in [1.165, 1.54) is 12.3 Å². The van der Waals surface area contributed by atoms with Gasteiger partial charge in [0, 0.05) is 31.0 Å². The SMILES string of the molecule is O=C(O)c1ccccn1.c1ccncc1.c1cn[nH]c1. The van der Waals surface area contributed by atoms with E-state index >= 15 is 0 Å². The second-order valence-corrected chi connectivity index (χ2v) is 3.31. The minimum Gasteiger partial charge on any atom is -0.477 e. The fraction of sp³-hybridized carbons (Fsp3) is 0. The van der Waals surface area contributed by atoms with Gasteiger partial charge in [0.15, 0.2) is 0 Å². The van der Waals surface area contributed by atoms with E-state index in [4.69, 9.17) is 5.11 Å². The van der Waals surface area contributed by atoms with Crippen LogP contribution in [-0.2, 0) is 0 Å². The summed E-state index contributed by atoms with van der Waals surface area (Å²) in [5.41, 5.74) is 0.0810. The molecule has 20 heavy (non-hydrogen) atoms. The number of aromatic nitrogens is 4. The van der Waals surface area contributed by atoms with Gasteiger partial charge in [-0.05, 0) is 30.3 Å². The lowest BCUT2D eigenvalue weighted by molar-refractivity contribution is 0.0690. The first-order valence-electron chi connectivity index (χ1n) is 5.74. The summed E-state index contributed by atoms with van der Waals surface area (Å²) >= 11 is 0. The third kappa shape index (κ3) is 7.33. The Morgan fingerprint density at radius 3 is 1.95 bits per heavy atom. The lowest BCUT2D eigenvalue weighted by Crippen LogP contribution is -1.97. The molecule has 0 aliphatic rings. The Morgan fingerprint density at radius 2 is 1.70 bits per heavy atom. The van der Waals surface area contributed by atoms with E-state index in [0.717, 1.165) is 0 Å². The van der Waals surface area contributed by atoms with Crippen LogP contribution in [0.25, 0.3) is 0 Å². The molecule has 0 bridgehead atoms. The van der Waals surface area contributed by atoms with Gasteiger partial charge < -0.3 is 5.11 Å². The molecule has 6 nitrogen and oxygen atoms in total. The Morgan fingerprint density at radius 1 is 0.950 bits per heavy atom. The molecule has 6 heteroatoms. The average molecular weight is 270 g/mol. The molecule has 3 heterocycles. The zero-order valence-electron chi connectivity index (χ0n) is 10.6. The van der Waals surface area contributed by atoms with Crippen LogP contribution in [0.1, 0.15) is 10.5 Å². The van der Waals surface area contributed by atoms with Crippen molar-refractivity contribution in [2.45, 2.75) is 0 Å². The van der Waals surface area contributed by atoms with Gasteiger partial charge in [0.05, 0.1) is 0 Å². The van der Waals surface area contributed by atoms with E-state index in [9.17, 15) is 4.79 Å². The van der Waals surface area contributed by atoms with Gasteiger partial charge in [0.1, 0.15) is 5.69 Å². The molecule has 0 atom stereocenters. The smallest absolute Gasteiger partial charge is 0.354 e. The predicted octanol–water partition coefficient (Wildman–Crippen LogP) is 2.27. The van der Waals surface area contributed by atoms with Crippen LogP contribution < -0.4 is 0 Å². The lowest BCUT2D eigenvalue weighted by Gasteiger charge is -1.87. The third-order valence-corrected chi connectivity index (χ3v) is 1.86. The molecule has 0 aliphatic heterocycles. The number of carbonyl (C=O) groups is 1. The molecule has 0 saturated heterocycles. The molecular weight excluding hydrogens is 256 g/mol. The van der Waals surface area contributed by atoms with E-state index < -0.39 is 5.97 Å². The van der Waals surface area contributed by atoms with Crippen molar-refractivity contribution in [3.05, 3.63) is 79.1 Å². The van der Waals surface area contributed by atoms with Crippen molar-refractivity contribution < 1.29 is 9.90 Å². The lowest BCUT2D eigenvalue weighted by atomic mass is 10.4. The molecule has 102 valence electrons. The van der Waals surface area contributed by atoms with Crippen LogP contribution in [0.3, 0.4) is 0 Å². The van der Waals surface area contributed by atoms with Crippen LogP contribution in [0.4, 0.5) is 0 Å². The molecule has 0 unspecified atom stereocenters. The van der Waals surface area contributed by atoms with E-state index in [1.54, 1.807) is 36.9 Å². The monoisotopic (exact) mass is 270 g/mol. The number of aromatic amines is 1. The average Bonchev–Trinajstić information content (AvgIpc) is 3.10. The normalized spacial score (nSPS) is 8.40. The zero-order chi connectivity index (χ0) is 14.5. The van der Waals surface area contributed by atoms with Gasteiger partial charge in [-0.1, -0.05) is 12.1 Å². The molecule has 0 amide bonds. The molecule has 3 rings (SSSR count). The Kier molecular flexibility index (Phi) is 7.49. The number of carboxylic acid groups (broad SMARTS) is 1. The molecule has 3 aromatic rings. The van der Waals surface area contributed by atoms with Gasteiger partial charge in [0.2, 0.25) is 0 Å². The van der Waals surface area contributed by atoms with Crippen molar-refractivity contribution in [3.63, 3.8) is 0 Å². The van der Waals surface area contributed by atoms with Crippen LogP contribution >= 0.6 is 0 Å². The zero-order valence-corrected chi connectivity index (χ0v) is 10.6. The Bertz CT molecular complexity index is 512. The number of aromatic carboxylic acids is 1. The molecule has 2 N–H and O–H groups in total. The summed E-state index contributed by atoms with van der Waals surface area (Å²) in [6.45, 7) is 0. The molecule has 0 aliphatic carbocycles. The first-order chi connectivity index (χ1) is 9.80. The van der Waals surface area contributed by atoms with Crippen LogP contribution in [-0.4, -0.2) is 31.2 Å². The van der Waals surface area contributed by atoms with Gasteiger partial charge in [-0.25, -0.2) is 9.78 Å². The summed E-state index contributed by atoms with van der Waals surface area (Å²) in [4.78, 5) is 17.5. The van der Waals surface area contributed by atoms with Gasteiger partial charge >= 0.3 is 5.97 Å². The first kappa shape index (κ1) is 15.0. The Labute approximate surface area is 116 Å². The van der Waals surface area contributed by atoms with Gasteiger partial charge in [-0.2, -0.15) is 5.10 Å². The van der Waals surface area contributed by atoms with Crippen molar-refractivity contribution in [2.75, 3.05) is 0 Å². The summed E-state index contributed by atoms with van der Waals surface area (Å²) in [6.07, 6.45) is 8.41. The second-order valence-electron chi connectivity index (χ2n) is 3.31. The summed E-state index contributed by atoms with van der Waals surface area (Å²) in [5.74, 6) is -0.990. The third-order valence-electron chi connectivity index (χ3n) is 1.86. The summed E-state index contributed by atoms with van der Waals surface area (Å²) in [6, 6.07) is 12.3. The topological polar surface area (TPSA) is 91.8 Å². The molecule has 0 saturated carbocycles. The largest absolute Gasteiger partial charge is 0.477 e. The number of hydrogen-bond donors (Lipinski definition) is 2. The number of nitrogens with one attached hydrogen (secondary N) is 1. The fourth-order valence-electron chi connectivity index (χ4n) is 1.02. The number of H-pyrrole nitrogens is 1. The first-order valence-corrected chi connectivity index (χ1v) is 5.74. The molecule has 0 fully saturated rings. The van der Waals surface area contributed by atoms with Crippen LogP contribution in [0.5, 0.6) is 0 Å². The summed E-state index contributed by atoms with van der Waals surface area (Å²) in [7, 11) is 0.